The van der Waals surface area contributed by atoms with Crippen LogP contribution in [0.5, 0.6) is 0 Å². The molecule has 0 saturated carbocycles. The Bertz CT molecular complexity index is 277. The van der Waals surface area contributed by atoms with E-state index in [2.05, 4.69) is 4.52 Å². The van der Waals surface area contributed by atoms with E-state index < -0.39 is 15.5 Å². The molecule has 0 atom stereocenters. The van der Waals surface area contributed by atoms with Gasteiger partial charge < -0.3 is 13.6 Å². The van der Waals surface area contributed by atoms with Gasteiger partial charge in [0, 0.05) is 14.2 Å². The molecule has 0 aromatic carbocycles. The van der Waals surface area contributed by atoms with Crippen LogP contribution in [-0.4, -0.2) is 34.0 Å². The van der Waals surface area contributed by atoms with Crippen molar-refractivity contribution in [3.05, 3.63) is 0 Å². The van der Waals surface area contributed by atoms with Crippen LogP contribution in [0.4, 0.5) is 0 Å². The maximum Gasteiger partial charge on any atom is 0.457 e. The summed E-state index contributed by atoms with van der Waals surface area (Å²) >= 11 is 0. The Labute approximate surface area is 103 Å². The second kappa shape index (κ2) is 8.38. The van der Waals surface area contributed by atoms with Gasteiger partial charge in [-0.3, -0.25) is 9.05 Å². The van der Waals surface area contributed by atoms with Gasteiger partial charge in [-0.2, -0.15) is 0 Å². The van der Waals surface area contributed by atoms with E-state index in [1.807, 2.05) is 0 Å². The number of hydrogen-bond donors (Lipinski definition) is 0. The Balaban J connectivity index is 5.37. The van der Waals surface area contributed by atoms with Crippen LogP contribution in [0.3, 0.4) is 0 Å². The van der Waals surface area contributed by atoms with Crippen molar-refractivity contribution in [1.82, 2.24) is 0 Å². The summed E-state index contributed by atoms with van der Waals surface area (Å²) in [5.41, 5.74) is 0. The highest BCUT2D eigenvalue weighted by molar-refractivity contribution is 7.63. The zero-order valence-corrected chi connectivity index (χ0v) is 12.7. The Morgan fingerprint density at radius 1 is 0.882 bits per heavy atom. The molecule has 0 aliphatic carbocycles. The first-order valence-corrected chi connectivity index (χ1v) is 8.29. The maximum atomic E-state index is 12.0. The van der Waals surface area contributed by atoms with Crippen LogP contribution in [0.1, 0.15) is 20.8 Å². The second-order valence-corrected chi connectivity index (χ2v) is 6.74. The van der Waals surface area contributed by atoms with Crippen LogP contribution >= 0.6 is 15.5 Å². The molecule has 0 aliphatic heterocycles. The molecule has 7 nitrogen and oxygen atoms in total. The first-order valence-electron chi connectivity index (χ1n) is 5.30. The van der Waals surface area contributed by atoms with Crippen LogP contribution < -0.4 is 0 Å². The van der Waals surface area contributed by atoms with Crippen LogP contribution in [0.25, 0.3) is 0 Å². The van der Waals surface area contributed by atoms with Crippen LogP contribution in [0, 0.1) is 0 Å². The molecular formula is C8H21NO6P2. The Morgan fingerprint density at radius 2 is 1.24 bits per heavy atom. The van der Waals surface area contributed by atoms with Gasteiger partial charge in [0.2, 0.25) is 0 Å². The lowest BCUT2D eigenvalue weighted by molar-refractivity contribution is 0.162. The lowest BCUT2D eigenvalue weighted by Gasteiger charge is -2.23. The summed E-state index contributed by atoms with van der Waals surface area (Å²) in [5.74, 6) is 0. The Morgan fingerprint density at radius 3 is 1.47 bits per heavy atom. The summed E-state index contributed by atoms with van der Waals surface area (Å²) in [4.78, 5) is 0. The molecule has 0 spiro atoms. The average Bonchev–Trinajstić information content (AvgIpc) is 2.30. The third kappa shape index (κ3) is 5.62. The highest BCUT2D eigenvalue weighted by Gasteiger charge is 2.31. The van der Waals surface area contributed by atoms with Crippen LogP contribution in [0.15, 0.2) is 4.52 Å². The standard InChI is InChI=1S/C8H21NO6P2/c1-6-13-17(14-7-2,15-8-3)9-16(10,11-4)12-5/h6-8H2,1-5H3. The quantitative estimate of drug-likeness (QED) is 0.605. The SMILES string of the molecule is CCOP(=NP(=O)(OC)OC)(OCC)OCC. The van der Waals surface area contributed by atoms with E-state index in [4.69, 9.17) is 22.6 Å². The summed E-state index contributed by atoms with van der Waals surface area (Å²) in [5, 5.41) is 0. The molecule has 0 bridgehead atoms. The van der Waals surface area contributed by atoms with E-state index in [0.717, 1.165) is 0 Å². The minimum atomic E-state index is -3.59. The summed E-state index contributed by atoms with van der Waals surface area (Å²) in [6.07, 6.45) is 0. The van der Waals surface area contributed by atoms with Crippen molar-refractivity contribution in [2.45, 2.75) is 20.8 Å². The van der Waals surface area contributed by atoms with E-state index >= 15 is 0 Å². The molecule has 0 heterocycles. The third-order valence-electron chi connectivity index (χ3n) is 1.56. The molecule has 0 unspecified atom stereocenters. The normalized spacial score (nSPS) is 12.8. The third-order valence-corrected chi connectivity index (χ3v) is 5.99. The fourth-order valence-electron chi connectivity index (χ4n) is 0.960. The van der Waals surface area contributed by atoms with Gasteiger partial charge in [-0.25, -0.2) is 4.57 Å². The zero-order valence-electron chi connectivity index (χ0n) is 10.9. The van der Waals surface area contributed by atoms with Gasteiger partial charge in [-0.15, -0.1) is 4.52 Å². The molecule has 17 heavy (non-hydrogen) atoms. The van der Waals surface area contributed by atoms with Gasteiger partial charge >= 0.3 is 15.5 Å². The molecule has 0 aliphatic rings. The van der Waals surface area contributed by atoms with E-state index in [1.165, 1.54) is 14.2 Å². The van der Waals surface area contributed by atoms with Crippen molar-refractivity contribution >= 4 is 15.5 Å². The van der Waals surface area contributed by atoms with Crippen LogP contribution in [0.2, 0.25) is 0 Å². The van der Waals surface area contributed by atoms with Gasteiger partial charge in [0.15, 0.2) is 0 Å². The molecule has 104 valence electrons. The molecule has 0 rings (SSSR count). The molecule has 0 aromatic heterocycles. The van der Waals surface area contributed by atoms with E-state index in [1.54, 1.807) is 20.8 Å². The van der Waals surface area contributed by atoms with E-state index in [0.29, 0.717) is 19.8 Å². The molecule has 0 N–H and O–H groups in total. The number of nitrogens with zero attached hydrogens (tertiary/aromatic N) is 1. The van der Waals surface area contributed by atoms with Gasteiger partial charge in [0.05, 0.1) is 19.8 Å². The molecule has 0 aromatic rings. The Hall–Kier alpha value is 0.260. The largest absolute Gasteiger partial charge is 0.457 e. The van der Waals surface area contributed by atoms with Crippen molar-refractivity contribution < 1.29 is 27.2 Å². The monoisotopic (exact) mass is 289 g/mol. The predicted molar refractivity (Wildman–Crippen MR) is 65.9 cm³/mol. The smallest absolute Gasteiger partial charge is 0.303 e. The molecule has 0 saturated heterocycles. The highest BCUT2D eigenvalue weighted by Crippen LogP contribution is 2.64. The second-order valence-electron chi connectivity index (χ2n) is 2.65. The lowest BCUT2D eigenvalue weighted by atomic mass is 10.9. The van der Waals surface area contributed by atoms with E-state index in [-0.39, 0.29) is 0 Å². The number of rotatable bonds is 9. The molecule has 0 radical (unpaired) electrons. The molecule has 0 fully saturated rings. The van der Waals surface area contributed by atoms with Gasteiger partial charge in [0.25, 0.3) is 0 Å². The minimum Gasteiger partial charge on any atom is -0.303 e. The first-order chi connectivity index (χ1) is 8.01. The summed E-state index contributed by atoms with van der Waals surface area (Å²) in [6.45, 7) is 6.28. The lowest BCUT2D eigenvalue weighted by Crippen LogP contribution is -2.01. The molecule has 0 amide bonds. The summed E-state index contributed by atoms with van der Waals surface area (Å²) < 4.78 is 41.5. The predicted octanol–water partition coefficient (Wildman–Crippen LogP) is 3.44. The first kappa shape index (κ1) is 17.3. The van der Waals surface area contributed by atoms with Crippen molar-refractivity contribution in [2.24, 2.45) is 4.52 Å². The molecule has 9 heteroatoms. The molecular weight excluding hydrogens is 268 g/mol. The van der Waals surface area contributed by atoms with Gasteiger partial charge in [-0.1, -0.05) is 0 Å². The van der Waals surface area contributed by atoms with Crippen molar-refractivity contribution in [1.29, 1.82) is 0 Å². The number of hydrogen-bond acceptors (Lipinski definition) is 6. The zero-order chi connectivity index (χ0) is 13.4. The van der Waals surface area contributed by atoms with Crippen molar-refractivity contribution in [3.8, 4) is 0 Å². The van der Waals surface area contributed by atoms with Gasteiger partial charge in [0.1, 0.15) is 0 Å². The fourth-order valence-corrected chi connectivity index (χ4v) is 4.59. The maximum absolute atomic E-state index is 12.0. The average molecular weight is 289 g/mol. The minimum absolute atomic E-state index is 0.324. The summed E-state index contributed by atoms with van der Waals surface area (Å²) in [6, 6.07) is 0. The topological polar surface area (TPSA) is 75.6 Å². The van der Waals surface area contributed by atoms with E-state index in [9.17, 15) is 4.57 Å². The van der Waals surface area contributed by atoms with Crippen molar-refractivity contribution in [3.63, 3.8) is 0 Å². The van der Waals surface area contributed by atoms with Gasteiger partial charge in [-0.05, 0) is 20.8 Å². The fraction of sp³-hybridized carbons (Fsp3) is 1.00. The highest BCUT2D eigenvalue weighted by atomic mass is 31.2. The van der Waals surface area contributed by atoms with Crippen LogP contribution in [-0.2, 0) is 27.2 Å². The van der Waals surface area contributed by atoms with Crippen molar-refractivity contribution in [2.75, 3.05) is 34.0 Å². The summed E-state index contributed by atoms with van der Waals surface area (Å²) in [7, 11) is -4.15. The Kier molecular flexibility index (Phi) is 8.51.